The number of benzene rings is 1. The number of halogens is 2. The van der Waals surface area contributed by atoms with Crippen molar-refractivity contribution in [2.24, 2.45) is 7.05 Å². The van der Waals surface area contributed by atoms with Crippen LogP contribution in [0.15, 0.2) is 35.1 Å². The van der Waals surface area contributed by atoms with Crippen LogP contribution in [-0.2, 0) is 7.05 Å². The molecule has 102 valence electrons. The molecule has 0 fully saturated rings. The molecule has 0 aliphatic heterocycles. The van der Waals surface area contributed by atoms with Crippen LogP contribution in [0.25, 0.3) is 0 Å². The van der Waals surface area contributed by atoms with E-state index in [1.807, 2.05) is 39.4 Å². The summed E-state index contributed by atoms with van der Waals surface area (Å²) >= 11 is 3.37. The van der Waals surface area contributed by atoms with Crippen molar-refractivity contribution in [3.8, 4) is 0 Å². The Kier molecular flexibility index (Phi) is 4.37. The molecule has 0 saturated carbocycles. The minimum absolute atomic E-state index is 0.0762. The number of aryl methyl sites for hydroxylation is 1. The fourth-order valence-electron chi connectivity index (χ4n) is 2.07. The Labute approximate surface area is 121 Å². The molecule has 2 aromatic rings. The van der Waals surface area contributed by atoms with Gasteiger partial charge >= 0.3 is 0 Å². The first-order valence-corrected chi connectivity index (χ1v) is 6.96. The van der Waals surface area contributed by atoms with Gasteiger partial charge in [0.1, 0.15) is 5.82 Å². The molecule has 0 aliphatic rings. The van der Waals surface area contributed by atoms with Crippen LogP contribution in [0.5, 0.6) is 0 Å². The fraction of sp³-hybridized carbons (Fsp3) is 0.357. The van der Waals surface area contributed by atoms with Crippen molar-refractivity contribution in [3.05, 3.63) is 52.0 Å². The van der Waals surface area contributed by atoms with Crippen LogP contribution in [0.1, 0.15) is 37.1 Å². The predicted molar refractivity (Wildman–Crippen MR) is 77.3 cm³/mol. The zero-order valence-corrected chi connectivity index (χ0v) is 12.8. The molecule has 5 heteroatoms. The Balaban J connectivity index is 2.12. The molecule has 3 nitrogen and oxygen atoms in total. The van der Waals surface area contributed by atoms with Crippen LogP contribution in [0.3, 0.4) is 0 Å². The Morgan fingerprint density at radius 1 is 1.32 bits per heavy atom. The largest absolute Gasteiger partial charge is 0.303 e. The summed E-state index contributed by atoms with van der Waals surface area (Å²) in [5.41, 5.74) is 1.75. The van der Waals surface area contributed by atoms with E-state index in [-0.39, 0.29) is 17.9 Å². The van der Waals surface area contributed by atoms with E-state index >= 15 is 0 Å². The van der Waals surface area contributed by atoms with Gasteiger partial charge in [0, 0.05) is 40.9 Å². The van der Waals surface area contributed by atoms with E-state index in [1.165, 1.54) is 6.07 Å². The van der Waals surface area contributed by atoms with E-state index in [1.54, 1.807) is 10.7 Å². The minimum atomic E-state index is -0.193. The molecule has 0 saturated heterocycles. The van der Waals surface area contributed by atoms with Gasteiger partial charge in [-0.1, -0.05) is 15.9 Å². The molecular weight excluding hydrogens is 309 g/mol. The van der Waals surface area contributed by atoms with Crippen molar-refractivity contribution < 1.29 is 4.39 Å². The van der Waals surface area contributed by atoms with Gasteiger partial charge in [0.2, 0.25) is 0 Å². The highest BCUT2D eigenvalue weighted by Gasteiger charge is 2.15. The molecule has 2 rings (SSSR count). The highest BCUT2D eigenvalue weighted by Crippen LogP contribution is 2.24. The Morgan fingerprint density at radius 3 is 2.68 bits per heavy atom. The highest BCUT2D eigenvalue weighted by molar-refractivity contribution is 9.10. The van der Waals surface area contributed by atoms with Crippen molar-refractivity contribution in [2.45, 2.75) is 25.9 Å². The molecular formula is C14H17BrFN3. The van der Waals surface area contributed by atoms with E-state index < -0.39 is 0 Å². The van der Waals surface area contributed by atoms with Crippen LogP contribution in [-0.4, -0.2) is 9.78 Å². The van der Waals surface area contributed by atoms with Crippen molar-refractivity contribution >= 4 is 15.9 Å². The summed E-state index contributed by atoms with van der Waals surface area (Å²) in [6, 6.07) is 5.03. The molecule has 1 aromatic carbocycles. The number of nitrogens with zero attached hydrogens (tertiary/aromatic N) is 2. The second-order valence-electron chi connectivity index (χ2n) is 4.72. The molecule has 0 spiro atoms. The summed E-state index contributed by atoms with van der Waals surface area (Å²) in [6.07, 6.45) is 3.78. The monoisotopic (exact) mass is 325 g/mol. The van der Waals surface area contributed by atoms with Crippen LogP contribution in [0.2, 0.25) is 0 Å². The molecule has 0 unspecified atom stereocenters. The lowest BCUT2D eigenvalue weighted by atomic mass is 10.1. The molecule has 1 aromatic heterocycles. The smallest absolute Gasteiger partial charge is 0.128 e. The van der Waals surface area contributed by atoms with E-state index in [4.69, 9.17) is 0 Å². The lowest BCUT2D eigenvalue weighted by Gasteiger charge is -2.20. The standard InChI is InChI=1S/C14H17BrFN3/c1-9(11-7-17-19(3)8-11)18-10(2)13-6-12(15)4-5-14(13)16/h4-10,18H,1-3H3/t9-,10+/m1/s1. The topological polar surface area (TPSA) is 29.9 Å². The zero-order chi connectivity index (χ0) is 14.0. The molecule has 0 amide bonds. The maximum Gasteiger partial charge on any atom is 0.128 e. The van der Waals surface area contributed by atoms with Gasteiger partial charge in [0.25, 0.3) is 0 Å². The summed E-state index contributed by atoms with van der Waals surface area (Å²) in [4.78, 5) is 0. The number of nitrogens with one attached hydrogen (secondary N) is 1. The quantitative estimate of drug-likeness (QED) is 0.928. The summed E-state index contributed by atoms with van der Waals surface area (Å²) in [7, 11) is 1.88. The zero-order valence-electron chi connectivity index (χ0n) is 11.2. The van der Waals surface area contributed by atoms with E-state index in [0.717, 1.165) is 10.0 Å². The lowest BCUT2D eigenvalue weighted by molar-refractivity contribution is 0.473. The second kappa shape index (κ2) is 5.84. The molecule has 0 aliphatic carbocycles. The number of aromatic nitrogens is 2. The fourth-order valence-corrected chi connectivity index (χ4v) is 2.45. The lowest BCUT2D eigenvalue weighted by Crippen LogP contribution is -2.23. The van der Waals surface area contributed by atoms with Gasteiger partial charge in [-0.25, -0.2) is 4.39 Å². The third-order valence-electron chi connectivity index (χ3n) is 3.15. The van der Waals surface area contributed by atoms with Gasteiger partial charge in [-0.2, -0.15) is 5.10 Å². The second-order valence-corrected chi connectivity index (χ2v) is 5.64. The van der Waals surface area contributed by atoms with Crippen LogP contribution in [0, 0.1) is 5.82 Å². The van der Waals surface area contributed by atoms with Gasteiger partial charge in [0.15, 0.2) is 0 Å². The SMILES string of the molecule is C[C@H](N[C@H](C)c1cnn(C)c1)c1cc(Br)ccc1F. The number of rotatable bonds is 4. The summed E-state index contributed by atoms with van der Waals surface area (Å²) in [6.45, 7) is 4.00. The number of hydrogen-bond donors (Lipinski definition) is 1. The average Bonchev–Trinajstić information content (AvgIpc) is 2.79. The third kappa shape index (κ3) is 3.42. The van der Waals surface area contributed by atoms with E-state index in [2.05, 4.69) is 26.3 Å². The Bertz CT molecular complexity index is 568. The van der Waals surface area contributed by atoms with Crippen molar-refractivity contribution in [3.63, 3.8) is 0 Å². The molecule has 1 heterocycles. The summed E-state index contributed by atoms with van der Waals surface area (Å²) < 4.78 is 16.4. The maximum absolute atomic E-state index is 13.8. The number of hydrogen-bond acceptors (Lipinski definition) is 2. The van der Waals surface area contributed by atoms with E-state index in [0.29, 0.717) is 5.56 Å². The van der Waals surface area contributed by atoms with Gasteiger partial charge in [-0.15, -0.1) is 0 Å². The van der Waals surface area contributed by atoms with Crippen molar-refractivity contribution in [1.82, 2.24) is 15.1 Å². The van der Waals surface area contributed by atoms with Crippen molar-refractivity contribution in [1.29, 1.82) is 0 Å². The first-order chi connectivity index (χ1) is 8.97. The molecule has 0 radical (unpaired) electrons. The summed E-state index contributed by atoms with van der Waals surface area (Å²) in [5, 5.41) is 7.52. The van der Waals surface area contributed by atoms with Crippen LogP contribution < -0.4 is 5.32 Å². The maximum atomic E-state index is 13.8. The van der Waals surface area contributed by atoms with Gasteiger partial charge in [0.05, 0.1) is 6.20 Å². The Hall–Kier alpha value is -1.20. The molecule has 0 bridgehead atoms. The molecule has 2 atom stereocenters. The first-order valence-electron chi connectivity index (χ1n) is 6.17. The normalized spacial score (nSPS) is 14.4. The highest BCUT2D eigenvalue weighted by atomic mass is 79.9. The Morgan fingerprint density at radius 2 is 2.05 bits per heavy atom. The third-order valence-corrected chi connectivity index (χ3v) is 3.64. The van der Waals surface area contributed by atoms with Gasteiger partial charge in [-0.05, 0) is 32.0 Å². The van der Waals surface area contributed by atoms with Crippen LogP contribution >= 0.6 is 15.9 Å². The predicted octanol–water partition coefficient (Wildman–Crippen LogP) is 3.73. The van der Waals surface area contributed by atoms with Gasteiger partial charge < -0.3 is 5.32 Å². The summed E-state index contributed by atoms with van der Waals surface area (Å²) in [5.74, 6) is -0.193. The van der Waals surface area contributed by atoms with Crippen LogP contribution in [0.4, 0.5) is 4.39 Å². The average molecular weight is 326 g/mol. The van der Waals surface area contributed by atoms with Gasteiger partial charge in [-0.3, -0.25) is 4.68 Å². The first kappa shape index (κ1) is 14.2. The molecule has 19 heavy (non-hydrogen) atoms. The van der Waals surface area contributed by atoms with E-state index in [9.17, 15) is 4.39 Å². The molecule has 1 N–H and O–H groups in total. The van der Waals surface area contributed by atoms with Crippen molar-refractivity contribution in [2.75, 3.05) is 0 Å². The minimum Gasteiger partial charge on any atom is -0.303 e.